The molecule has 0 spiro atoms. The fourth-order valence-electron chi connectivity index (χ4n) is 3.30. The number of nitrogens with one attached hydrogen (secondary N) is 1. The summed E-state index contributed by atoms with van der Waals surface area (Å²) < 4.78 is 12.2. The molecule has 1 N–H and O–H groups in total. The number of aromatic nitrogens is 4. The Kier molecular flexibility index (Phi) is 5.89. The Morgan fingerprint density at radius 2 is 2.07 bits per heavy atom. The van der Waals surface area contributed by atoms with Crippen molar-refractivity contribution in [3.63, 3.8) is 0 Å². The maximum absolute atomic E-state index is 12.7. The van der Waals surface area contributed by atoms with E-state index >= 15 is 0 Å². The zero-order valence-corrected chi connectivity index (χ0v) is 17.0. The summed E-state index contributed by atoms with van der Waals surface area (Å²) in [6, 6.07) is 11.2. The Morgan fingerprint density at radius 1 is 1.23 bits per heavy atom. The van der Waals surface area contributed by atoms with Gasteiger partial charge in [0.2, 0.25) is 0 Å². The maximum Gasteiger partial charge on any atom is 0.269 e. The molecule has 1 fully saturated rings. The van der Waals surface area contributed by atoms with Gasteiger partial charge in [0, 0.05) is 31.9 Å². The molecule has 2 aromatic heterocycles. The number of carbonyl (C=O) groups excluding carboxylic acids is 1. The minimum Gasteiger partial charge on any atom is -0.497 e. The van der Waals surface area contributed by atoms with E-state index in [0.29, 0.717) is 30.4 Å². The van der Waals surface area contributed by atoms with Crippen molar-refractivity contribution in [2.24, 2.45) is 7.05 Å². The Labute approximate surface area is 174 Å². The molecule has 9 nitrogen and oxygen atoms in total. The van der Waals surface area contributed by atoms with Gasteiger partial charge in [-0.15, -0.1) is 0 Å². The summed E-state index contributed by atoms with van der Waals surface area (Å²) in [6.07, 6.45) is 1.71. The molecule has 1 saturated heterocycles. The Hall–Kier alpha value is -3.46. The fraction of sp³-hybridized carbons (Fsp3) is 0.333. The van der Waals surface area contributed by atoms with Gasteiger partial charge >= 0.3 is 0 Å². The number of nitrogens with zero attached hydrogens (tertiary/aromatic N) is 5. The van der Waals surface area contributed by atoms with Crippen molar-refractivity contribution in [2.75, 3.05) is 38.3 Å². The highest BCUT2D eigenvalue weighted by Gasteiger charge is 2.16. The van der Waals surface area contributed by atoms with E-state index in [4.69, 9.17) is 9.47 Å². The maximum atomic E-state index is 12.7. The summed E-state index contributed by atoms with van der Waals surface area (Å²) in [4.78, 5) is 23.7. The van der Waals surface area contributed by atoms with Gasteiger partial charge in [0.05, 0.1) is 32.6 Å². The molecule has 30 heavy (non-hydrogen) atoms. The molecule has 0 aliphatic carbocycles. The molecule has 9 heteroatoms. The number of hydrogen-bond donors (Lipinski definition) is 1. The minimum atomic E-state index is -0.237. The van der Waals surface area contributed by atoms with Crippen LogP contribution in [0.2, 0.25) is 0 Å². The van der Waals surface area contributed by atoms with E-state index in [2.05, 4.69) is 25.3 Å². The number of hydrogen-bond acceptors (Lipinski definition) is 7. The van der Waals surface area contributed by atoms with E-state index < -0.39 is 0 Å². The smallest absolute Gasteiger partial charge is 0.269 e. The van der Waals surface area contributed by atoms with Crippen molar-refractivity contribution >= 4 is 11.7 Å². The molecule has 0 atom stereocenters. The highest BCUT2D eigenvalue weighted by atomic mass is 16.5. The molecule has 1 amide bonds. The van der Waals surface area contributed by atoms with Crippen LogP contribution in [0.5, 0.6) is 5.75 Å². The third kappa shape index (κ3) is 4.41. The second-order valence-electron chi connectivity index (χ2n) is 6.88. The van der Waals surface area contributed by atoms with Crippen LogP contribution in [-0.4, -0.2) is 59.1 Å². The van der Waals surface area contributed by atoms with Crippen LogP contribution in [-0.2, 0) is 18.3 Å². The third-order valence-electron chi connectivity index (χ3n) is 4.91. The van der Waals surface area contributed by atoms with Gasteiger partial charge in [-0.05, 0) is 24.3 Å². The van der Waals surface area contributed by atoms with Crippen molar-refractivity contribution in [1.29, 1.82) is 0 Å². The molecule has 0 radical (unpaired) electrons. The summed E-state index contributed by atoms with van der Waals surface area (Å²) in [7, 11) is 3.36. The van der Waals surface area contributed by atoms with Crippen LogP contribution in [0.3, 0.4) is 0 Å². The molecule has 1 aromatic carbocycles. The molecular weight excluding hydrogens is 384 g/mol. The number of benzene rings is 1. The molecule has 3 aromatic rings. The first-order chi connectivity index (χ1) is 14.6. The van der Waals surface area contributed by atoms with Crippen molar-refractivity contribution in [2.45, 2.75) is 6.54 Å². The second kappa shape index (κ2) is 8.91. The Morgan fingerprint density at radius 3 is 2.87 bits per heavy atom. The van der Waals surface area contributed by atoms with Crippen LogP contribution in [0, 0.1) is 0 Å². The number of morpholine rings is 1. The lowest BCUT2D eigenvalue weighted by Crippen LogP contribution is -2.37. The first-order valence-electron chi connectivity index (χ1n) is 9.75. The van der Waals surface area contributed by atoms with Gasteiger partial charge < -0.3 is 19.7 Å². The first kappa shape index (κ1) is 19.8. The number of ether oxygens (including phenoxy) is 2. The van der Waals surface area contributed by atoms with Gasteiger partial charge in [-0.2, -0.15) is 5.10 Å². The Balaban J connectivity index is 1.44. The molecule has 0 bridgehead atoms. The normalized spacial score (nSPS) is 13.9. The van der Waals surface area contributed by atoms with E-state index in [-0.39, 0.29) is 12.5 Å². The van der Waals surface area contributed by atoms with E-state index in [0.717, 1.165) is 30.2 Å². The molecule has 0 unspecified atom stereocenters. The summed E-state index contributed by atoms with van der Waals surface area (Å²) >= 11 is 0. The SMILES string of the molecule is COc1cccc(-c2cc(C(=O)NCc3nccc(N4CCOCC4)n3)n(C)n2)c1. The predicted octanol–water partition coefficient (Wildman–Crippen LogP) is 1.65. The van der Waals surface area contributed by atoms with E-state index in [1.165, 1.54) is 0 Å². The van der Waals surface area contributed by atoms with Gasteiger partial charge in [0.25, 0.3) is 5.91 Å². The molecular formula is C21H24N6O3. The number of anilines is 1. The molecule has 1 aliphatic heterocycles. The molecule has 3 heterocycles. The molecule has 156 valence electrons. The zero-order valence-electron chi connectivity index (χ0n) is 17.0. The average molecular weight is 408 g/mol. The molecule has 1 aliphatic rings. The van der Waals surface area contributed by atoms with Gasteiger partial charge in [0.1, 0.15) is 23.1 Å². The molecule has 4 rings (SSSR count). The highest BCUT2D eigenvalue weighted by molar-refractivity contribution is 5.93. The van der Waals surface area contributed by atoms with Crippen molar-refractivity contribution < 1.29 is 14.3 Å². The number of rotatable bonds is 6. The second-order valence-corrected chi connectivity index (χ2v) is 6.88. The van der Waals surface area contributed by atoms with Crippen molar-refractivity contribution in [3.8, 4) is 17.0 Å². The summed E-state index contributed by atoms with van der Waals surface area (Å²) in [5.74, 6) is 1.90. The quantitative estimate of drug-likeness (QED) is 0.663. The van der Waals surface area contributed by atoms with Gasteiger partial charge in [-0.3, -0.25) is 9.48 Å². The Bertz CT molecular complexity index is 1030. The highest BCUT2D eigenvalue weighted by Crippen LogP contribution is 2.23. The average Bonchev–Trinajstić information content (AvgIpc) is 3.20. The van der Waals surface area contributed by atoms with Gasteiger partial charge in [-0.1, -0.05) is 12.1 Å². The predicted molar refractivity (Wildman–Crippen MR) is 111 cm³/mol. The number of carbonyl (C=O) groups is 1. The summed E-state index contributed by atoms with van der Waals surface area (Å²) in [5.41, 5.74) is 2.04. The standard InChI is InChI=1S/C21H24N6O3/c1-26-18(13-17(25-26)15-4-3-5-16(12-15)29-2)21(28)23-14-19-22-7-6-20(24-19)27-8-10-30-11-9-27/h3-7,12-13H,8-11,14H2,1-2H3,(H,23,28). The van der Waals surface area contributed by atoms with Gasteiger partial charge in [-0.25, -0.2) is 9.97 Å². The topological polar surface area (TPSA) is 94.4 Å². The van der Waals surface area contributed by atoms with Crippen molar-refractivity contribution in [1.82, 2.24) is 25.1 Å². The lowest BCUT2D eigenvalue weighted by atomic mass is 10.1. The first-order valence-corrected chi connectivity index (χ1v) is 9.75. The number of amides is 1. The summed E-state index contributed by atoms with van der Waals surface area (Å²) in [5, 5.41) is 7.34. The monoisotopic (exact) mass is 408 g/mol. The van der Waals surface area contributed by atoms with Crippen LogP contribution < -0.4 is 15.0 Å². The van der Waals surface area contributed by atoms with Crippen LogP contribution in [0.4, 0.5) is 5.82 Å². The lowest BCUT2D eigenvalue weighted by molar-refractivity contribution is 0.0940. The van der Waals surface area contributed by atoms with E-state index in [1.54, 1.807) is 31.1 Å². The fourth-order valence-corrected chi connectivity index (χ4v) is 3.30. The zero-order chi connectivity index (χ0) is 20.9. The number of aryl methyl sites for hydroxylation is 1. The largest absolute Gasteiger partial charge is 0.497 e. The van der Waals surface area contributed by atoms with Crippen LogP contribution in [0.25, 0.3) is 11.3 Å². The molecule has 0 saturated carbocycles. The third-order valence-corrected chi connectivity index (χ3v) is 4.91. The minimum absolute atomic E-state index is 0.233. The summed E-state index contributed by atoms with van der Waals surface area (Å²) in [6.45, 7) is 3.20. The lowest BCUT2D eigenvalue weighted by Gasteiger charge is -2.27. The van der Waals surface area contributed by atoms with E-state index in [9.17, 15) is 4.79 Å². The van der Waals surface area contributed by atoms with Crippen LogP contribution >= 0.6 is 0 Å². The van der Waals surface area contributed by atoms with Crippen molar-refractivity contribution in [3.05, 3.63) is 54.1 Å². The number of methoxy groups -OCH3 is 1. The van der Waals surface area contributed by atoms with Gasteiger partial charge in [0.15, 0.2) is 0 Å². The van der Waals surface area contributed by atoms with E-state index in [1.807, 2.05) is 30.3 Å². The van der Waals surface area contributed by atoms with Crippen LogP contribution in [0.15, 0.2) is 42.6 Å². The van der Waals surface area contributed by atoms with Crippen LogP contribution in [0.1, 0.15) is 16.3 Å².